The maximum Gasteiger partial charge on any atom is 0.157 e. The van der Waals surface area contributed by atoms with E-state index in [2.05, 4.69) is 19.7 Å². The van der Waals surface area contributed by atoms with Gasteiger partial charge < -0.3 is 13.8 Å². The summed E-state index contributed by atoms with van der Waals surface area (Å²) < 4.78 is 13.1. The van der Waals surface area contributed by atoms with Crippen LogP contribution in [0.3, 0.4) is 0 Å². The largest absolute Gasteiger partial charge is 0.374 e. The fourth-order valence-electron chi connectivity index (χ4n) is 2.97. The quantitative estimate of drug-likeness (QED) is 0.503. The summed E-state index contributed by atoms with van der Waals surface area (Å²) >= 11 is 6.40. The highest BCUT2D eigenvalue weighted by Crippen LogP contribution is 2.30. The third-order valence-corrected chi connectivity index (χ3v) is 4.31. The van der Waals surface area contributed by atoms with Gasteiger partial charge in [-0.2, -0.15) is 0 Å². The van der Waals surface area contributed by atoms with E-state index in [0.717, 1.165) is 33.7 Å². The monoisotopic (exact) mass is 356 g/mol. The van der Waals surface area contributed by atoms with Gasteiger partial charge in [-0.1, -0.05) is 35.0 Å². The topological polar surface area (TPSA) is 66.0 Å². The van der Waals surface area contributed by atoms with Crippen LogP contribution in [0.1, 0.15) is 24.2 Å². The fourth-order valence-corrected chi connectivity index (χ4v) is 3.19. The molecule has 1 aromatic carbocycles. The number of aromatic nitrogens is 4. The van der Waals surface area contributed by atoms with Crippen molar-refractivity contribution >= 4 is 33.5 Å². The summed E-state index contributed by atoms with van der Waals surface area (Å²) in [5, 5.41) is 5.35. The van der Waals surface area contributed by atoms with Crippen LogP contribution in [0.25, 0.3) is 21.9 Å². The van der Waals surface area contributed by atoms with Gasteiger partial charge in [-0.05, 0) is 19.9 Å². The molecule has 4 rings (SSSR count). The number of hydrogen-bond donors (Lipinski definition) is 0. The van der Waals surface area contributed by atoms with Crippen molar-refractivity contribution in [2.45, 2.75) is 27.0 Å². The molecular weight excluding hydrogens is 340 g/mol. The zero-order valence-electron chi connectivity index (χ0n) is 14.0. The first kappa shape index (κ1) is 16.1. The molecule has 0 saturated heterocycles. The molecule has 7 heteroatoms. The minimum atomic E-state index is 0.388. The summed E-state index contributed by atoms with van der Waals surface area (Å²) in [4.78, 5) is 9.15. The molecule has 0 radical (unpaired) electrons. The van der Waals surface area contributed by atoms with E-state index >= 15 is 0 Å². The number of ether oxygens (including phenoxy) is 1. The van der Waals surface area contributed by atoms with Gasteiger partial charge in [-0.15, -0.1) is 0 Å². The Morgan fingerprint density at radius 3 is 2.84 bits per heavy atom. The zero-order valence-corrected chi connectivity index (χ0v) is 14.7. The van der Waals surface area contributed by atoms with Gasteiger partial charge in [-0.3, -0.25) is 0 Å². The number of halogens is 1. The van der Waals surface area contributed by atoms with Crippen LogP contribution in [0.4, 0.5) is 0 Å². The highest BCUT2D eigenvalue weighted by molar-refractivity contribution is 6.35. The van der Waals surface area contributed by atoms with Crippen molar-refractivity contribution in [2.24, 2.45) is 0 Å². The van der Waals surface area contributed by atoms with Gasteiger partial charge in [-0.25, -0.2) is 9.97 Å². The van der Waals surface area contributed by atoms with Crippen molar-refractivity contribution in [1.29, 1.82) is 0 Å². The Hall–Kier alpha value is -2.44. The number of rotatable bonds is 5. The van der Waals surface area contributed by atoms with Gasteiger partial charge in [0.25, 0.3) is 0 Å². The molecule has 4 aromatic rings. The Balaban J connectivity index is 1.97. The molecule has 0 fully saturated rings. The molecule has 128 valence electrons. The molecule has 0 aliphatic carbocycles. The third kappa shape index (κ3) is 2.88. The lowest BCUT2D eigenvalue weighted by atomic mass is 10.2. The normalized spacial score (nSPS) is 11.6. The summed E-state index contributed by atoms with van der Waals surface area (Å²) in [5.74, 6) is 1.54. The van der Waals surface area contributed by atoms with Gasteiger partial charge in [0.15, 0.2) is 10.9 Å². The van der Waals surface area contributed by atoms with Crippen molar-refractivity contribution in [1.82, 2.24) is 19.7 Å². The average molecular weight is 357 g/mol. The molecule has 0 amide bonds. The molecule has 0 atom stereocenters. The van der Waals surface area contributed by atoms with E-state index in [9.17, 15) is 0 Å². The lowest BCUT2D eigenvalue weighted by Crippen LogP contribution is -2.07. The van der Waals surface area contributed by atoms with E-state index in [0.29, 0.717) is 30.4 Å². The van der Waals surface area contributed by atoms with E-state index in [1.54, 1.807) is 0 Å². The number of benzene rings is 1. The Kier molecular flexibility index (Phi) is 4.15. The van der Waals surface area contributed by atoms with Crippen LogP contribution in [-0.2, 0) is 17.9 Å². The van der Waals surface area contributed by atoms with Gasteiger partial charge in [0.2, 0.25) is 0 Å². The maximum atomic E-state index is 6.40. The molecular formula is C18H17ClN4O2. The molecule has 0 aliphatic heterocycles. The summed E-state index contributed by atoms with van der Waals surface area (Å²) in [6.07, 6.45) is 0. The molecule has 3 heterocycles. The molecule has 0 bridgehead atoms. The van der Waals surface area contributed by atoms with Crippen LogP contribution in [0, 0.1) is 6.92 Å². The van der Waals surface area contributed by atoms with Crippen LogP contribution in [0.2, 0.25) is 5.15 Å². The maximum absolute atomic E-state index is 6.40. The highest BCUT2D eigenvalue weighted by atomic mass is 35.5. The molecule has 0 saturated carbocycles. The lowest BCUT2D eigenvalue weighted by Gasteiger charge is -2.09. The first-order valence-electron chi connectivity index (χ1n) is 8.10. The Bertz CT molecular complexity index is 1050. The molecule has 25 heavy (non-hydrogen) atoms. The van der Waals surface area contributed by atoms with Gasteiger partial charge >= 0.3 is 0 Å². The standard InChI is InChI=1S/C18H17ClN4O2/c1-3-24-10-15-21-16-17(23(15)9-12-8-11(2)22-25-12)13-6-4-5-7-14(13)20-18(16)19/h4-8H,3,9-10H2,1-2H3. The predicted octanol–water partition coefficient (Wildman–Crippen LogP) is 4.12. The minimum Gasteiger partial charge on any atom is -0.374 e. The van der Waals surface area contributed by atoms with Gasteiger partial charge in [0.1, 0.15) is 17.9 Å². The Labute approximate surface area is 149 Å². The van der Waals surface area contributed by atoms with Crippen LogP contribution >= 0.6 is 11.6 Å². The third-order valence-electron chi connectivity index (χ3n) is 4.05. The predicted molar refractivity (Wildman–Crippen MR) is 95.7 cm³/mol. The van der Waals surface area contributed by atoms with E-state index < -0.39 is 0 Å². The number of aryl methyl sites for hydroxylation is 1. The smallest absolute Gasteiger partial charge is 0.157 e. The van der Waals surface area contributed by atoms with Crippen molar-refractivity contribution in [3.63, 3.8) is 0 Å². The summed E-state index contributed by atoms with van der Waals surface area (Å²) in [5.41, 5.74) is 3.28. The highest BCUT2D eigenvalue weighted by Gasteiger charge is 2.19. The van der Waals surface area contributed by atoms with Crippen molar-refractivity contribution < 1.29 is 9.26 Å². The number of hydrogen-bond acceptors (Lipinski definition) is 5. The number of imidazole rings is 1. The van der Waals surface area contributed by atoms with Crippen molar-refractivity contribution in [3.05, 3.63) is 52.8 Å². The second kappa shape index (κ2) is 6.46. The number of nitrogens with zero attached hydrogens (tertiary/aromatic N) is 4. The number of pyridine rings is 1. The minimum absolute atomic E-state index is 0.388. The number of fused-ring (bicyclic) bond motifs is 3. The summed E-state index contributed by atoms with van der Waals surface area (Å²) in [6.45, 7) is 5.36. The van der Waals surface area contributed by atoms with Crippen LogP contribution < -0.4 is 0 Å². The van der Waals surface area contributed by atoms with E-state index in [4.69, 9.17) is 20.9 Å². The fraction of sp³-hybridized carbons (Fsp3) is 0.278. The van der Waals surface area contributed by atoms with E-state index in [-0.39, 0.29) is 0 Å². The molecule has 3 aromatic heterocycles. The Morgan fingerprint density at radius 1 is 1.24 bits per heavy atom. The van der Waals surface area contributed by atoms with E-state index in [1.165, 1.54) is 0 Å². The second-order valence-electron chi connectivity index (χ2n) is 5.80. The first-order chi connectivity index (χ1) is 12.2. The SMILES string of the molecule is CCOCc1nc2c(Cl)nc3ccccc3c2n1Cc1cc(C)no1. The van der Waals surface area contributed by atoms with E-state index in [1.807, 2.05) is 44.2 Å². The van der Waals surface area contributed by atoms with Crippen LogP contribution in [0.15, 0.2) is 34.9 Å². The molecule has 0 N–H and O–H groups in total. The van der Waals surface area contributed by atoms with Crippen LogP contribution in [-0.4, -0.2) is 26.3 Å². The first-order valence-corrected chi connectivity index (χ1v) is 8.48. The van der Waals surface area contributed by atoms with Crippen molar-refractivity contribution in [2.75, 3.05) is 6.61 Å². The molecule has 0 unspecified atom stereocenters. The Morgan fingerprint density at radius 2 is 2.08 bits per heavy atom. The average Bonchev–Trinajstić information content (AvgIpc) is 3.18. The number of para-hydroxylation sites is 1. The molecule has 6 nitrogen and oxygen atoms in total. The summed E-state index contributed by atoms with van der Waals surface area (Å²) in [6, 6.07) is 9.81. The second-order valence-corrected chi connectivity index (χ2v) is 6.16. The van der Waals surface area contributed by atoms with Crippen molar-refractivity contribution in [3.8, 4) is 0 Å². The summed E-state index contributed by atoms with van der Waals surface area (Å²) in [7, 11) is 0. The van der Waals surface area contributed by atoms with Gasteiger partial charge in [0, 0.05) is 18.1 Å². The van der Waals surface area contributed by atoms with Crippen LogP contribution in [0.5, 0.6) is 0 Å². The van der Waals surface area contributed by atoms with Gasteiger partial charge in [0.05, 0.1) is 23.3 Å². The molecule has 0 aliphatic rings. The molecule has 0 spiro atoms. The zero-order chi connectivity index (χ0) is 17.4. The lowest BCUT2D eigenvalue weighted by molar-refractivity contribution is 0.126.